The van der Waals surface area contributed by atoms with Gasteiger partial charge in [-0.05, 0) is 63.1 Å². The number of aromatic nitrogens is 1. The fraction of sp³-hybridized carbons (Fsp3) is 0.303. The van der Waals surface area contributed by atoms with Crippen LogP contribution in [0.2, 0.25) is 0 Å². The lowest BCUT2D eigenvalue weighted by molar-refractivity contribution is 1.11. The van der Waals surface area contributed by atoms with E-state index in [2.05, 4.69) is 77.8 Å². The minimum Gasteiger partial charge on any atom is -0.360 e. The van der Waals surface area contributed by atoms with Crippen molar-refractivity contribution < 1.29 is 0 Å². The number of allylic oxidation sites excluding steroid dienone is 3. The summed E-state index contributed by atoms with van der Waals surface area (Å²) in [6.45, 7) is 29.6. The molecule has 0 saturated carbocycles. The molecule has 0 aliphatic carbocycles. The van der Waals surface area contributed by atoms with Crippen molar-refractivity contribution in [2.75, 3.05) is 5.32 Å². The molecule has 2 heterocycles. The summed E-state index contributed by atoms with van der Waals surface area (Å²) in [5, 5.41) is 3.19. The molecule has 4 nitrogen and oxygen atoms in total. The van der Waals surface area contributed by atoms with Gasteiger partial charge in [-0.3, -0.25) is 4.98 Å². The van der Waals surface area contributed by atoms with Gasteiger partial charge in [0.1, 0.15) is 0 Å². The number of aryl methyl sites for hydroxylation is 1. The molecule has 0 radical (unpaired) electrons. The van der Waals surface area contributed by atoms with Crippen LogP contribution in [-0.2, 0) is 6.42 Å². The Bertz CT molecular complexity index is 1010. The molecule has 1 aromatic carbocycles. The molecule has 4 heteroatoms. The van der Waals surface area contributed by atoms with Gasteiger partial charge >= 0.3 is 0 Å². The molecule has 0 amide bonds. The second-order valence-electron chi connectivity index (χ2n) is 6.93. The van der Waals surface area contributed by atoms with Crippen molar-refractivity contribution >= 4 is 17.2 Å². The van der Waals surface area contributed by atoms with E-state index in [1.54, 1.807) is 6.20 Å². The zero-order valence-corrected chi connectivity index (χ0v) is 23.7. The number of aliphatic imine (C=N–C) groups is 2. The number of hydrogen-bond acceptors (Lipinski definition) is 3. The van der Waals surface area contributed by atoms with Crippen LogP contribution in [0.1, 0.15) is 68.4 Å². The number of nitrogens with one attached hydrogen (secondary N) is 1. The van der Waals surface area contributed by atoms with E-state index in [1.165, 1.54) is 5.56 Å². The second kappa shape index (κ2) is 23.9. The summed E-state index contributed by atoms with van der Waals surface area (Å²) in [5.74, 6) is 0.702. The Labute approximate surface area is 228 Å². The molecular formula is C33H50N4. The summed E-state index contributed by atoms with van der Waals surface area (Å²) in [5.41, 5.74) is 7.22. The number of hydrogen-bond donors (Lipinski definition) is 1. The van der Waals surface area contributed by atoms with Gasteiger partial charge < -0.3 is 5.32 Å². The normalized spacial score (nSPS) is 12.1. The van der Waals surface area contributed by atoms with Gasteiger partial charge in [0, 0.05) is 40.6 Å². The van der Waals surface area contributed by atoms with Gasteiger partial charge in [0.2, 0.25) is 0 Å². The van der Waals surface area contributed by atoms with Gasteiger partial charge in [0.25, 0.3) is 0 Å². The smallest absolute Gasteiger partial charge is 0.158 e. The first kappa shape index (κ1) is 37.8. The highest BCUT2D eigenvalue weighted by Gasteiger charge is 2.03. The quantitative estimate of drug-likeness (QED) is 0.413. The fourth-order valence-electron chi connectivity index (χ4n) is 2.60. The first-order valence-corrected chi connectivity index (χ1v) is 12.5. The predicted molar refractivity (Wildman–Crippen MR) is 172 cm³/mol. The molecule has 0 spiro atoms. The molecule has 1 aromatic heterocycles. The highest BCUT2D eigenvalue weighted by molar-refractivity contribution is 6.14. The summed E-state index contributed by atoms with van der Waals surface area (Å²) in [4.78, 5) is 12.8. The molecule has 0 saturated heterocycles. The van der Waals surface area contributed by atoms with E-state index in [9.17, 15) is 0 Å². The average molecular weight is 503 g/mol. The topological polar surface area (TPSA) is 49.6 Å². The standard InChI is InChI=1S/C16H18N2.C10H12N2.2C2H6.C2H4.CH4/c1-4-13-5-10-16(17-11-13)14-6-8-15(9-7-14)18-12(2)3;1-4-7-11-10-8(2)5-6-9(3)12-10;3*1-2;/h5-11,18H,2,4H2,1,3H3;4-7H,2H2,1,3H3;2*1-2H3;1-2H2;1H4/b;7-4-,11-10?;;;;. The first-order valence-electron chi connectivity index (χ1n) is 12.5. The maximum Gasteiger partial charge on any atom is 0.158 e. The first-order chi connectivity index (χ1) is 17.4. The van der Waals surface area contributed by atoms with Crippen molar-refractivity contribution in [3.05, 3.63) is 110 Å². The lowest BCUT2D eigenvalue weighted by Crippen LogP contribution is -2.04. The molecule has 0 fully saturated rings. The summed E-state index contributed by atoms with van der Waals surface area (Å²) in [7, 11) is 0. The Balaban J connectivity index is -0.000000532. The van der Waals surface area contributed by atoms with E-state index in [4.69, 9.17) is 0 Å². The third kappa shape index (κ3) is 15.7. The molecule has 2 aromatic rings. The number of pyridine rings is 1. The Kier molecular flexibility index (Phi) is 24.4. The Morgan fingerprint density at radius 2 is 1.59 bits per heavy atom. The van der Waals surface area contributed by atoms with Crippen LogP contribution in [0, 0.1) is 0 Å². The zero-order chi connectivity index (χ0) is 27.9. The van der Waals surface area contributed by atoms with Crippen molar-refractivity contribution in [3.8, 4) is 11.3 Å². The third-order valence-corrected chi connectivity index (χ3v) is 4.21. The number of nitrogens with zero attached hydrogens (tertiary/aromatic N) is 3. The van der Waals surface area contributed by atoms with Gasteiger partial charge in [-0.15, -0.1) is 13.2 Å². The van der Waals surface area contributed by atoms with Crippen molar-refractivity contribution in [2.24, 2.45) is 9.98 Å². The molecule has 0 unspecified atom stereocenters. The highest BCUT2D eigenvalue weighted by atomic mass is 14.9. The monoisotopic (exact) mass is 502 g/mol. The Hall–Kier alpha value is -3.79. The number of rotatable bonds is 5. The minimum atomic E-state index is 0. The van der Waals surface area contributed by atoms with Gasteiger partial charge in [0.15, 0.2) is 5.84 Å². The maximum atomic E-state index is 4.47. The van der Waals surface area contributed by atoms with Gasteiger partial charge in [0.05, 0.1) is 5.69 Å². The van der Waals surface area contributed by atoms with Crippen LogP contribution >= 0.6 is 0 Å². The van der Waals surface area contributed by atoms with Gasteiger partial charge in [-0.25, -0.2) is 9.98 Å². The SMILES string of the molecule is C.C=C.C=C(C)Nc1ccc(-c2ccc(CC)cn2)cc1.C=C1C=CC(C)=NC1=N/C=C\C.CC.CC. The van der Waals surface area contributed by atoms with E-state index in [-0.39, 0.29) is 7.43 Å². The molecule has 1 aliphatic rings. The van der Waals surface area contributed by atoms with Crippen LogP contribution in [0.5, 0.6) is 0 Å². The van der Waals surface area contributed by atoms with E-state index in [1.807, 2.05) is 85.0 Å². The van der Waals surface area contributed by atoms with Crippen molar-refractivity contribution in [2.45, 2.75) is 69.2 Å². The molecule has 1 aliphatic heterocycles. The number of amidine groups is 1. The van der Waals surface area contributed by atoms with Crippen LogP contribution in [0.3, 0.4) is 0 Å². The minimum absolute atomic E-state index is 0. The highest BCUT2D eigenvalue weighted by Crippen LogP contribution is 2.20. The molecule has 0 atom stereocenters. The van der Waals surface area contributed by atoms with Crippen LogP contribution in [0.4, 0.5) is 5.69 Å². The lowest BCUT2D eigenvalue weighted by atomic mass is 10.1. The van der Waals surface area contributed by atoms with Gasteiger partial charge in [-0.2, -0.15) is 0 Å². The van der Waals surface area contributed by atoms with Crippen LogP contribution < -0.4 is 5.32 Å². The van der Waals surface area contributed by atoms with E-state index in [0.29, 0.717) is 5.84 Å². The fourth-order valence-corrected chi connectivity index (χ4v) is 2.60. The van der Waals surface area contributed by atoms with E-state index in [0.717, 1.165) is 40.3 Å². The zero-order valence-electron chi connectivity index (χ0n) is 23.7. The largest absolute Gasteiger partial charge is 0.360 e. The Morgan fingerprint density at radius 1 is 1.00 bits per heavy atom. The van der Waals surface area contributed by atoms with E-state index < -0.39 is 0 Å². The summed E-state index contributed by atoms with van der Waals surface area (Å²) < 4.78 is 0. The lowest BCUT2D eigenvalue weighted by Gasteiger charge is -2.06. The van der Waals surface area contributed by atoms with Crippen molar-refractivity contribution in [1.82, 2.24) is 4.98 Å². The molecule has 0 bridgehead atoms. The van der Waals surface area contributed by atoms with Crippen LogP contribution in [0.15, 0.2) is 115 Å². The van der Waals surface area contributed by atoms with Gasteiger partial charge in [-0.1, -0.05) is 79.5 Å². The summed E-state index contributed by atoms with van der Waals surface area (Å²) in [6.07, 6.45) is 10.4. The third-order valence-electron chi connectivity index (χ3n) is 4.21. The molecule has 3 rings (SSSR count). The van der Waals surface area contributed by atoms with Crippen molar-refractivity contribution in [3.63, 3.8) is 0 Å². The van der Waals surface area contributed by atoms with Crippen LogP contribution in [0.25, 0.3) is 11.3 Å². The summed E-state index contributed by atoms with van der Waals surface area (Å²) >= 11 is 0. The number of benzene rings is 1. The molecule has 37 heavy (non-hydrogen) atoms. The van der Waals surface area contributed by atoms with Crippen LogP contribution in [-0.4, -0.2) is 16.5 Å². The van der Waals surface area contributed by atoms with E-state index >= 15 is 0 Å². The second-order valence-corrected chi connectivity index (χ2v) is 6.93. The maximum absolute atomic E-state index is 4.47. The molecule has 202 valence electrons. The number of dihydropyridines is 1. The predicted octanol–water partition coefficient (Wildman–Crippen LogP) is 10.3. The average Bonchev–Trinajstić information content (AvgIpc) is 2.93. The molecular weight excluding hydrogens is 452 g/mol. The number of anilines is 1. The molecule has 1 N–H and O–H groups in total. The Morgan fingerprint density at radius 3 is 2.05 bits per heavy atom. The van der Waals surface area contributed by atoms with Crippen molar-refractivity contribution in [1.29, 1.82) is 0 Å². The summed E-state index contributed by atoms with van der Waals surface area (Å²) in [6, 6.07) is 12.4.